The molecule has 2 aromatic heterocycles. The molecule has 2 aromatic rings. The Hall–Kier alpha value is -2.35. The van der Waals surface area contributed by atoms with Gasteiger partial charge in [-0.2, -0.15) is 5.10 Å². The van der Waals surface area contributed by atoms with Crippen LogP contribution < -0.4 is 4.74 Å². The second-order valence-electron chi connectivity index (χ2n) is 4.79. The standard InChI is InChI=1S/C15H19N3O4S/c1-9-14(22-6-11-8-23-10(2)16-11)13(18(3)17-9)12(7-20-4)15(19)21-5/h7-8H,6H2,1-5H3/b12-7+. The summed E-state index contributed by atoms with van der Waals surface area (Å²) in [5.74, 6) is -0.0175. The molecule has 0 amide bonds. The Kier molecular flexibility index (Phi) is 5.38. The van der Waals surface area contributed by atoms with E-state index in [0.717, 1.165) is 10.7 Å². The Morgan fingerprint density at radius 3 is 2.70 bits per heavy atom. The minimum atomic E-state index is -0.524. The number of thiazole rings is 1. The Morgan fingerprint density at radius 2 is 2.13 bits per heavy atom. The van der Waals surface area contributed by atoms with Gasteiger partial charge in [-0.25, -0.2) is 9.78 Å². The van der Waals surface area contributed by atoms with E-state index in [1.165, 1.54) is 20.5 Å². The van der Waals surface area contributed by atoms with Gasteiger partial charge in [-0.15, -0.1) is 11.3 Å². The van der Waals surface area contributed by atoms with Crippen molar-refractivity contribution in [2.45, 2.75) is 20.5 Å². The van der Waals surface area contributed by atoms with E-state index in [2.05, 4.69) is 10.1 Å². The van der Waals surface area contributed by atoms with Gasteiger partial charge in [-0.1, -0.05) is 0 Å². The van der Waals surface area contributed by atoms with Crippen molar-refractivity contribution in [3.05, 3.63) is 33.7 Å². The summed E-state index contributed by atoms with van der Waals surface area (Å²) < 4.78 is 17.2. The number of aryl methyl sites for hydroxylation is 3. The van der Waals surface area contributed by atoms with E-state index in [9.17, 15) is 4.79 Å². The maximum Gasteiger partial charge on any atom is 0.343 e. The van der Waals surface area contributed by atoms with Crippen LogP contribution in [0.15, 0.2) is 11.6 Å². The summed E-state index contributed by atoms with van der Waals surface area (Å²) in [6.07, 6.45) is 1.32. The van der Waals surface area contributed by atoms with E-state index in [4.69, 9.17) is 14.2 Å². The first-order chi connectivity index (χ1) is 11.0. The van der Waals surface area contributed by atoms with Crippen LogP contribution in [0.25, 0.3) is 5.57 Å². The SMILES string of the molecule is CO/C=C(/C(=O)OC)c1c(OCc2csc(C)n2)c(C)nn1C. The Labute approximate surface area is 138 Å². The van der Waals surface area contributed by atoms with Crippen LogP contribution in [0.4, 0.5) is 0 Å². The molecule has 0 aliphatic carbocycles. The van der Waals surface area contributed by atoms with Crippen LogP contribution in [-0.2, 0) is 27.9 Å². The zero-order valence-electron chi connectivity index (χ0n) is 13.7. The molecule has 0 fully saturated rings. The predicted molar refractivity (Wildman–Crippen MR) is 86.1 cm³/mol. The van der Waals surface area contributed by atoms with E-state index >= 15 is 0 Å². The molecule has 0 saturated heterocycles. The predicted octanol–water partition coefficient (Wildman–Crippen LogP) is 2.23. The van der Waals surface area contributed by atoms with Gasteiger partial charge >= 0.3 is 5.97 Å². The number of rotatable bonds is 6. The van der Waals surface area contributed by atoms with Crippen molar-refractivity contribution in [1.29, 1.82) is 0 Å². The van der Waals surface area contributed by atoms with Crippen molar-refractivity contribution < 1.29 is 19.0 Å². The molecule has 124 valence electrons. The molecule has 0 bridgehead atoms. The molecule has 0 spiro atoms. The molecule has 0 N–H and O–H groups in total. The molecule has 2 rings (SSSR count). The number of hydrogen-bond acceptors (Lipinski definition) is 7. The van der Waals surface area contributed by atoms with Gasteiger partial charge in [0.25, 0.3) is 0 Å². The van der Waals surface area contributed by atoms with Crippen molar-refractivity contribution in [1.82, 2.24) is 14.8 Å². The Balaban J connectivity index is 2.36. The fourth-order valence-corrected chi connectivity index (χ4v) is 2.75. The summed E-state index contributed by atoms with van der Waals surface area (Å²) in [7, 11) is 4.51. The van der Waals surface area contributed by atoms with Gasteiger partial charge in [0.15, 0.2) is 5.75 Å². The zero-order chi connectivity index (χ0) is 17.0. The van der Waals surface area contributed by atoms with E-state index < -0.39 is 5.97 Å². The molecule has 7 nitrogen and oxygen atoms in total. The lowest BCUT2D eigenvalue weighted by atomic mass is 10.2. The van der Waals surface area contributed by atoms with Crippen LogP contribution in [-0.4, -0.2) is 35.0 Å². The molecule has 0 aliphatic rings. The van der Waals surface area contributed by atoms with Gasteiger partial charge in [0.2, 0.25) is 0 Å². The summed E-state index contributed by atoms with van der Waals surface area (Å²) in [5, 5.41) is 7.23. The molecule has 0 atom stereocenters. The van der Waals surface area contributed by atoms with Crippen LogP contribution in [0.5, 0.6) is 5.75 Å². The van der Waals surface area contributed by atoms with Crippen molar-refractivity contribution in [2.75, 3.05) is 14.2 Å². The fourth-order valence-electron chi connectivity index (χ4n) is 2.16. The summed E-state index contributed by atoms with van der Waals surface area (Å²) in [4.78, 5) is 16.4. The van der Waals surface area contributed by atoms with E-state index in [1.807, 2.05) is 19.2 Å². The van der Waals surface area contributed by atoms with E-state index in [1.54, 1.807) is 23.1 Å². The Morgan fingerprint density at radius 1 is 1.39 bits per heavy atom. The van der Waals surface area contributed by atoms with Gasteiger partial charge in [0, 0.05) is 12.4 Å². The molecular formula is C15H19N3O4S. The number of hydrogen-bond donors (Lipinski definition) is 0. The summed E-state index contributed by atoms with van der Waals surface area (Å²) in [5.41, 5.74) is 2.24. The van der Waals surface area contributed by atoms with Crippen LogP contribution in [0.3, 0.4) is 0 Å². The average Bonchev–Trinajstić information content (AvgIpc) is 3.05. The number of methoxy groups -OCH3 is 2. The topological polar surface area (TPSA) is 75.5 Å². The monoisotopic (exact) mass is 337 g/mol. The first-order valence-corrected chi connectivity index (χ1v) is 7.75. The van der Waals surface area contributed by atoms with Gasteiger partial charge in [-0.05, 0) is 13.8 Å². The van der Waals surface area contributed by atoms with Crippen molar-refractivity contribution >= 4 is 22.9 Å². The molecular weight excluding hydrogens is 318 g/mol. The average molecular weight is 337 g/mol. The van der Waals surface area contributed by atoms with Crippen molar-refractivity contribution in [2.24, 2.45) is 7.05 Å². The maximum absolute atomic E-state index is 12.0. The number of ether oxygens (including phenoxy) is 3. The van der Waals surface area contributed by atoms with E-state index in [0.29, 0.717) is 23.7 Å². The smallest absolute Gasteiger partial charge is 0.343 e. The van der Waals surface area contributed by atoms with Gasteiger partial charge in [0.1, 0.15) is 23.6 Å². The highest BCUT2D eigenvalue weighted by Gasteiger charge is 2.25. The Bertz CT molecular complexity index is 733. The first-order valence-electron chi connectivity index (χ1n) is 6.87. The lowest BCUT2D eigenvalue weighted by Gasteiger charge is -2.10. The van der Waals surface area contributed by atoms with Crippen molar-refractivity contribution in [3.8, 4) is 5.75 Å². The first kappa shape index (κ1) is 17.0. The maximum atomic E-state index is 12.0. The minimum absolute atomic E-state index is 0.238. The molecule has 8 heteroatoms. The quantitative estimate of drug-likeness (QED) is 0.457. The molecule has 0 unspecified atom stereocenters. The minimum Gasteiger partial charge on any atom is -0.503 e. The lowest BCUT2D eigenvalue weighted by Crippen LogP contribution is -2.10. The summed E-state index contributed by atoms with van der Waals surface area (Å²) in [6, 6.07) is 0. The highest BCUT2D eigenvalue weighted by Crippen LogP contribution is 2.30. The molecule has 0 saturated carbocycles. The second kappa shape index (κ2) is 7.28. The van der Waals surface area contributed by atoms with Crippen molar-refractivity contribution in [3.63, 3.8) is 0 Å². The third kappa shape index (κ3) is 3.70. The van der Waals surface area contributed by atoms with Gasteiger partial charge in [0.05, 0.1) is 31.2 Å². The second-order valence-corrected chi connectivity index (χ2v) is 5.85. The third-order valence-electron chi connectivity index (χ3n) is 3.09. The number of nitrogens with zero attached hydrogens (tertiary/aromatic N) is 3. The third-order valence-corrected chi connectivity index (χ3v) is 3.92. The zero-order valence-corrected chi connectivity index (χ0v) is 14.6. The molecule has 23 heavy (non-hydrogen) atoms. The summed E-state index contributed by atoms with van der Waals surface area (Å²) >= 11 is 1.56. The number of carbonyl (C=O) groups excluding carboxylic acids is 1. The summed E-state index contributed by atoms with van der Waals surface area (Å²) in [6.45, 7) is 4.05. The largest absolute Gasteiger partial charge is 0.503 e. The highest BCUT2D eigenvalue weighted by molar-refractivity contribution is 7.09. The lowest BCUT2D eigenvalue weighted by molar-refractivity contribution is -0.133. The normalized spacial score (nSPS) is 11.4. The van der Waals surface area contributed by atoms with Crippen LogP contribution in [0.2, 0.25) is 0 Å². The molecule has 0 aliphatic heterocycles. The highest BCUT2D eigenvalue weighted by atomic mass is 32.1. The van der Waals surface area contributed by atoms with Gasteiger partial charge in [-0.3, -0.25) is 4.68 Å². The molecule has 0 aromatic carbocycles. The number of aromatic nitrogens is 3. The van der Waals surface area contributed by atoms with E-state index in [-0.39, 0.29) is 5.57 Å². The molecule has 2 heterocycles. The molecule has 0 radical (unpaired) electrons. The van der Waals surface area contributed by atoms with Crippen LogP contribution in [0, 0.1) is 13.8 Å². The van der Waals surface area contributed by atoms with Crippen LogP contribution >= 0.6 is 11.3 Å². The number of esters is 1. The van der Waals surface area contributed by atoms with Crippen LogP contribution in [0.1, 0.15) is 22.1 Å². The fraction of sp³-hybridized carbons (Fsp3) is 0.400. The number of carbonyl (C=O) groups is 1. The van der Waals surface area contributed by atoms with Gasteiger partial charge < -0.3 is 14.2 Å².